The molecular formula is C27H29N3O4S. The number of ether oxygens (including phenoxy) is 2. The first-order valence-corrected chi connectivity index (χ1v) is 12.3. The van der Waals surface area contributed by atoms with Crippen LogP contribution in [0.25, 0.3) is 0 Å². The molecule has 1 aliphatic rings. The molecule has 3 aromatic rings. The second-order valence-corrected chi connectivity index (χ2v) is 9.64. The Hall–Kier alpha value is -3.65. The van der Waals surface area contributed by atoms with Gasteiger partial charge in [-0.1, -0.05) is 37.3 Å². The van der Waals surface area contributed by atoms with Gasteiger partial charge in [-0.25, -0.2) is 0 Å². The number of anilines is 3. The van der Waals surface area contributed by atoms with Crippen molar-refractivity contribution >= 4 is 40.6 Å². The highest BCUT2D eigenvalue weighted by Gasteiger charge is 2.24. The molecule has 35 heavy (non-hydrogen) atoms. The number of fused-ring (bicyclic) bond motifs is 1. The molecule has 4 rings (SSSR count). The molecule has 0 saturated heterocycles. The summed E-state index contributed by atoms with van der Waals surface area (Å²) in [5.74, 6) is 0.654. The lowest BCUT2D eigenvalue weighted by atomic mass is 10.2. The van der Waals surface area contributed by atoms with Crippen LogP contribution in [0.4, 0.5) is 17.1 Å². The first-order chi connectivity index (χ1) is 17.0. The third-order valence-electron chi connectivity index (χ3n) is 5.78. The second-order valence-electron chi connectivity index (χ2n) is 8.16. The molecule has 0 saturated carbocycles. The SMILES string of the molecule is COc1cc(NC(=O)c2ccccc2)c(OC)cc1NCC(=O)N1CC[C@H](C)Sc2ccccc21. The van der Waals surface area contributed by atoms with Crippen LogP contribution in [0.2, 0.25) is 0 Å². The summed E-state index contributed by atoms with van der Waals surface area (Å²) in [6, 6.07) is 20.4. The number of nitrogens with zero attached hydrogens (tertiary/aromatic N) is 1. The van der Waals surface area contributed by atoms with Crippen molar-refractivity contribution in [1.82, 2.24) is 0 Å². The third-order valence-corrected chi connectivity index (χ3v) is 7.02. The molecule has 1 atom stereocenters. The molecule has 0 radical (unpaired) electrons. The van der Waals surface area contributed by atoms with Crippen LogP contribution in [-0.2, 0) is 4.79 Å². The maximum Gasteiger partial charge on any atom is 0.255 e. The molecule has 182 valence electrons. The normalized spacial score (nSPS) is 14.9. The van der Waals surface area contributed by atoms with Crippen LogP contribution < -0.4 is 25.0 Å². The van der Waals surface area contributed by atoms with Crippen LogP contribution in [0, 0.1) is 0 Å². The second kappa shape index (κ2) is 11.2. The van der Waals surface area contributed by atoms with Crippen molar-refractivity contribution in [3.63, 3.8) is 0 Å². The predicted octanol–water partition coefficient (Wildman–Crippen LogP) is 5.29. The van der Waals surface area contributed by atoms with Gasteiger partial charge in [0, 0.05) is 34.4 Å². The smallest absolute Gasteiger partial charge is 0.255 e. The van der Waals surface area contributed by atoms with E-state index in [1.165, 1.54) is 7.11 Å². The molecule has 0 bridgehead atoms. The van der Waals surface area contributed by atoms with Crippen LogP contribution in [0.5, 0.6) is 11.5 Å². The fourth-order valence-electron chi connectivity index (χ4n) is 3.93. The Balaban J connectivity index is 1.51. The van der Waals surface area contributed by atoms with Gasteiger partial charge in [0.2, 0.25) is 5.91 Å². The Bertz CT molecular complexity index is 1200. The zero-order chi connectivity index (χ0) is 24.8. The number of carbonyl (C=O) groups is 2. The van der Waals surface area contributed by atoms with E-state index in [4.69, 9.17) is 9.47 Å². The summed E-state index contributed by atoms with van der Waals surface area (Å²) in [7, 11) is 3.07. The number of para-hydroxylation sites is 1. The maximum absolute atomic E-state index is 13.2. The molecule has 2 N–H and O–H groups in total. The molecule has 0 fully saturated rings. The molecule has 0 spiro atoms. The number of hydrogen-bond donors (Lipinski definition) is 2. The van der Waals surface area contributed by atoms with E-state index in [0.29, 0.717) is 40.2 Å². The molecule has 7 nitrogen and oxygen atoms in total. The van der Waals surface area contributed by atoms with Crippen LogP contribution in [0.15, 0.2) is 71.6 Å². The molecule has 1 aliphatic heterocycles. The highest BCUT2D eigenvalue weighted by atomic mass is 32.2. The van der Waals surface area contributed by atoms with Crippen molar-refractivity contribution in [2.45, 2.75) is 23.5 Å². The zero-order valence-corrected chi connectivity index (χ0v) is 20.9. The Morgan fingerprint density at radius 3 is 2.37 bits per heavy atom. The molecule has 2 amide bonds. The van der Waals surface area contributed by atoms with Gasteiger partial charge in [0.1, 0.15) is 11.5 Å². The number of nitrogens with one attached hydrogen (secondary N) is 2. The van der Waals surface area contributed by atoms with Gasteiger partial charge in [0.15, 0.2) is 0 Å². The fraction of sp³-hybridized carbons (Fsp3) is 0.259. The van der Waals surface area contributed by atoms with E-state index < -0.39 is 0 Å². The summed E-state index contributed by atoms with van der Waals surface area (Å²) in [5.41, 5.74) is 2.55. The van der Waals surface area contributed by atoms with E-state index in [9.17, 15) is 9.59 Å². The maximum atomic E-state index is 13.2. The summed E-state index contributed by atoms with van der Waals surface area (Å²) in [4.78, 5) is 28.8. The minimum absolute atomic E-state index is 0.0328. The largest absolute Gasteiger partial charge is 0.495 e. The van der Waals surface area contributed by atoms with Crippen molar-refractivity contribution in [2.24, 2.45) is 0 Å². The van der Waals surface area contributed by atoms with E-state index in [2.05, 4.69) is 23.6 Å². The van der Waals surface area contributed by atoms with E-state index in [1.54, 1.807) is 55.3 Å². The van der Waals surface area contributed by atoms with Crippen LogP contribution in [0.1, 0.15) is 23.7 Å². The molecule has 3 aromatic carbocycles. The Kier molecular flexibility index (Phi) is 7.82. The summed E-state index contributed by atoms with van der Waals surface area (Å²) in [6.07, 6.45) is 0.915. The monoisotopic (exact) mass is 491 g/mol. The van der Waals surface area contributed by atoms with Gasteiger partial charge in [0.05, 0.1) is 37.8 Å². The molecule has 1 heterocycles. The lowest BCUT2D eigenvalue weighted by Crippen LogP contribution is -2.36. The fourth-order valence-corrected chi connectivity index (χ4v) is 5.04. The first kappa shape index (κ1) is 24.5. The van der Waals surface area contributed by atoms with Crippen LogP contribution in [0.3, 0.4) is 0 Å². The van der Waals surface area contributed by atoms with E-state index in [1.807, 2.05) is 29.2 Å². The van der Waals surface area contributed by atoms with Crippen molar-refractivity contribution in [3.05, 3.63) is 72.3 Å². The third kappa shape index (κ3) is 5.71. The Morgan fingerprint density at radius 2 is 1.63 bits per heavy atom. The van der Waals surface area contributed by atoms with Crippen LogP contribution in [-0.4, -0.2) is 44.4 Å². The van der Waals surface area contributed by atoms with Crippen molar-refractivity contribution in [1.29, 1.82) is 0 Å². The van der Waals surface area contributed by atoms with Gasteiger partial charge in [-0.05, 0) is 30.7 Å². The number of methoxy groups -OCH3 is 2. The van der Waals surface area contributed by atoms with Gasteiger partial charge in [-0.15, -0.1) is 11.8 Å². The summed E-state index contributed by atoms with van der Waals surface area (Å²) >= 11 is 1.80. The highest BCUT2D eigenvalue weighted by molar-refractivity contribution is 8.00. The first-order valence-electron chi connectivity index (χ1n) is 11.4. The minimum Gasteiger partial charge on any atom is -0.495 e. The lowest BCUT2D eigenvalue weighted by Gasteiger charge is -2.23. The molecule has 0 aromatic heterocycles. The lowest BCUT2D eigenvalue weighted by molar-refractivity contribution is -0.117. The zero-order valence-electron chi connectivity index (χ0n) is 20.0. The Morgan fingerprint density at radius 1 is 0.971 bits per heavy atom. The van der Waals surface area contributed by atoms with Gasteiger partial charge in [-0.3, -0.25) is 9.59 Å². The van der Waals surface area contributed by atoms with E-state index in [0.717, 1.165) is 17.0 Å². The Labute approximate surface area is 209 Å². The predicted molar refractivity (Wildman–Crippen MR) is 141 cm³/mol. The van der Waals surface area contributed by atoms with Gasteiger partial charge in [-0.2, -0.15) is 0 Å². The number of benzene rings is 3. The molecule has 8 heteroatoms. The average molecular weight is 492 g/mol. The summed E-state index contributed by atoms with van der Waals surface area (Å²) in [5, 5.41) is 6.50. The van der Waals surface area contributed by atoms with E-state index in [-0.39, 0.29) is 18.4 Å². The van der Waals surface area contributed by atoms with Crippen molar-refractivity contribution in [2.75, 3.05) is 42.8 Å². The quantitative estimate of drug-likeness (QED) is 0.468. The number of carbonyl (C=O) groups excluding carboxylic acids is 2. The van der Waals surface area contributed by atoms with Gasteiger partial charge >= 0.3 is 0 Å². The van der Waals surface area contributed by atoms with Gasteiger partial charge in [0.25, 0.3) is 5.91 Å². The topological polar surface area (TPSA) is 79.9 Å². The number of amides is 2. The standard InChI is InChI=1S/C27H29N3O4S/c1-18-13-14-30(22-11-7-8-12-25(22)35-18)26(31)17-28-20-15-24(34-3)21(16-23(20)33-2)29-27(32)19-9-5-4-6-10-19/h4-12,15-16,18,28H,13-14,17H2,1-3H3,(H,29,32)/t18-/m0/s1. The van der Waals surface area contributed by atoms with Gasteiger partial charge < -0.3 is 25.0 Å². The minimum atomic E-state index is -0.256. The van der Waals surface area contributed by atoms with E-state index >= 15 is 0 Å². The number of hydrogen-bond acceptors (Lipinski definition) is 6. The average Bonchev–Trinajstić information content (AvgIpc) is 3.06. The molecular weight excluding hydrogens is 462 g/mol. The highest BCUT2D eigenvalue weighted by Crippen LogP contribution is 2.38. The molecule has 0 aliphatic carbocycles. The number of rotatable bonds is 7. The van der Waals surface area contributed by atoms with Crippen molar-refractivity contribution < 1.29 is 19.1 Å². The summed E-state index contributed by atoms with van der Waals surface area (Å²) < 4.78 is 11.1. The van der Waals surface area contributed by atoms with Crippen LogP contribution >= 0.6 is 11.8 Å². The number of thioether (sulfide) groups is 1. The molecule has 0 unspecified atom stereocenters. The summed E-state index contributed by atoms with van der Waals surface area (Å²) in [6.45, 7) is 2.93. The van der Waals surface area contributed by atoms with Crippen molar-refractivity contribution in [3.8, 4) is 11.5 Å².